The summed E-state index contributed by atoms with van der Waals surface area (Å²) in [6, 6.07) is 21.4. The highest BCUT2D eigenvalue weighted by Gasteiger charge is 2.10. The van der Waals surface area contributed by atoms with Gasteiger partial charge in [-0.2, -0.15) is 5.26 Å². The van der Waals surface area contributed by atoms with Crippen molar-refractivity contribution in [3.05, 3.63) is 95.1 Å². The zero-order valence-electron chi connectivity index (χ0n) is 15.6. The van der Waals surface area contributed by atoms with Crippen LogP contribution >= 0.6 is 0 Å². The Labute approximate surface area is 167 Å². The minimum atomic E-state index is -0.343. The first kappa shape index (κ1) is 19.5. The van der Waals surface area contributed by atoms with E-state index in [1.54, 1.807) is 72.8 Å². The SMILES string of the molecule is CC(=O)c1cccc(NC(=O)c2ccc(C(=O)Nc3ccc(C#N)cc3)cc2)c1. The molecule has 142 valence electrons. The zero-order valence-corrected chi connectivity index (χ0v) is 15.6. The smallest absolute Gasteiger partial charge is 0.255 e. The number of benzene rings is 3. The van der Waals surface area contributed by atoms with Crippen LogP contribution in [0.2, 0.25) is 0 Å². The summed E-state index contributed by atoms with van der Waals surface area (Å²) in [6.45, 7) is 1.46. The normalized spacial score (nSPS) is 9.93. The molecule has 0 saturated carbocycles. The number of nitriles is 1. The summed E-state index contributed by atoms with van der Waals surface area (Å²) >= 11 is 0. The second-order valence-corrected chi connectivity index (χ2v) is 6.31. The van der Waals surface area contributed by atoms with E-state index in [2.05, 4.69) is 10.6 Å². The molecule has 0 aromatic heterocycles. The molecule has 0 aliphatic rings. The van der Waals surface area contributed by atoms with Gasteiger partial charge in [0.1, 0.15) is 0 Å². The van der Waals surface area contributed by atoms with Crippen LogP contribution in [0.5, 0.6) is 0 Å². The summed E-state index contributed by atoms with van der Waals surface area (Å²) in [5.41, 5.74) is 2.88. The minimum absolute atomic E-state index is 0.0845. The highest BCUT2D eigenvalue weighted by molar-refractivity contribution is 6.07. The van der Waals surface area contributed by atoms with Gasteiger partial charge in [-0.25, -0.2) is 0 Å². The van der Waals surface area contributed by atoms with E-state index in [1.807, 2.05) is 6.07 Å². The van der Waals surface area contributed by atoms with E-state index in [0.29, 0.717) is 33.6 Å². The number of Topliss-reactive ketones (excluding diaryl/α,β-unsaturated/α-hetero) is 1. The van der Waals surface area contributed by atoms with Crippen molar-refractivity contribution in [3.63, 3.8) is 0 Å². The van der Waals surface area contributed by atoms with Gasteiger partial charge < -0.3 is 10.6 Å². The molecule has 2 amide bonds. The topological polar surface area (TPSA) is 99.1 Å². The summed E-state index contributed by atoms with van der Waals surface area (Å²) in [6.07, 6.45) is 0. The fourth-order valence-corrected chi connectivity index (χ4v) is 2.62. The number of hydrogen-bond donors (Lipinski definition) is 2. The third kappa shape index (κ3) is 4.93. The number of anilines is 2. The average molecular weight is 383 g/mol. The number of rotatable bonds is 5. The number of hydrogen-bond acceptors (Lipinski definition) is 4. The largest absolute Gasteiger partial charge is 0.322 e. The van der Waals surface area contributed by atoms with Gasteiger partial charge in [0.2, 0.25) is 0 Å². The third-order valence-corrected chi connectivity index (χ3v) is 4.21. The molecule has 3 aromatic carbocycles. The fourth-order valence-electron chi connectivity index (χ4n) is 2.62. The molecule has 0 aliphatic carbocycles. The van der Waals surface area contributed by atoms with Crippen molar-refractivity contribution in [2.24, 2.45) is 0 Å². The molecule has 0 unspecified atom stereocenters. The van der Waals surface area contributed by atoms with Crippen LogP contribution in [0.15, 0.2) is 72.8 Å². The van der Waals surface area contributed by atoms with Gasteiger partial charge in [-0.05, 0) is 67.6 Å². The maximum absolute atomic E-state index is 12.4. The molecular weight excluding hydrogens is 366 g/mol. The van der Waals surface area contributed by atoms with Crippen LogP contribution in [0.1, 0.15) is 43.6 Å². The van der Waals surface area contributed by atoms with Gasteiger partial charge in [-0.1, -0.05) is 12.1 Å². The van der Waals surface area contributed by atoms with Crippen molar-refractivity contribution >= 4 is 29.0 Å². The van der Waals surface area contributed by atoms with Crippen molar-refractivity contribution in [1.82, 2.24) is 0 Å². The monoisotopic (exact) mass is 383 g/mol. The molecule has 2 N–H and O–H groups in total. The Kier molecular flexibility index (Phi) is 5.81. The lowest BCUT2D eigenvalue weighted by Crippen LogP contribution is -2.14. The van der Waals surface area contributed by atoms with Crippen LogP contribution in [0.25, 0.3) is 0 Å². The summed E-state index contributed by atoms with van der Waals surface area (Å²) in [5.74, 6) is -0.751. The quantitative estimate of drug-likeness (QED) is 0.643. The Morgan fingerprint density at radius 3 is 1.79 bits per heavy atom. The molecule has 0 saturated heterocycles. The Balaban J connectivity index is 1.66. The first-order chi connectivity index (χ1) is 14.0. The number of nitrogens with one attached hydrogen (secondary N) is 2. The van der Waals surface area contributed by atoms with E-state index in [9.17, 15) is 14.4 Å². The van der Waals surface area contributed by atoms with E-state index in [1.165, 1.54) is 6.92 Å². The lowest BCUT2D eigenvalue weighted by Gasteiger charge is -2.08. The summed E-state index contributed by atoms with van der Waals surface area (Å²) in [7, 11) is 0. The second-order valence-electron chi connectivity index (χ2n) is 6.31. The molecule has 0 radical (unpaired) electrons. The molecular formula is C23H17N3O3. The predicted octanol–water partition coefficient (Wildman–Crippen LogP) is 4.27. The van der Waals surface area contributed by atoms with Crippen molar-refractivity contribution in [1.29, 1.82) is 5.26 Å². The Morgan fingerprint density at radius 2 is 1.28 bits per heavy atom. The predicted molar refractivity (Wildman–Crippen MR) is 110 cm³/mol. The van der Waals surface area contributed by atoms with Gasteiger partial charge in [-0.3, -0.25) is 14.4 Å². The van der Waals surface area contributed by atoms with Crippen LogP contribution < -0.4 is 10.6 Å². The first-order valence-corrected chi connectivity index (χ1v) is 8.80. The third-order valence-electron chi connectivity index (χ3n) is 4.21. The van der Waals surface area contributed by atoms with Crippen LogP contribution in [-0.4, -0.2) is 17.6 Å². The van der Waals surface area contributed by atoms with E-state index in [0.717, 1.165) is 0 Å². The van der Waals surface area contributed by atoms with Gasteiger partial charge in [0.25, 0.3) is 11.8 Å². The number of ketones is 1. The molecule has 6 heteroatoms. The second kappa shape index (κ2) is 8.63. The summed E-state index contributed by atoms with van der Waals surface area (Å²) < 4.78 is 0. The van der Waals surface area contributed by atoms with Gasteiger partial charge >= 0.3 is 0 Å². The Bertz CT molecular complexity index is 1110. The maximum atomic E-state index is 12.4. The first-order valence-electron chi connectivity index (χ1n) is 8.80. The van der Waals surface area contributed by atoms with E-state index < -0.39 is 0 Å². The highest BCUT2D eigenvalue weighted by atomic mass is 16.2. The van der Waals surface area contributed by atoms with Gasteiger partial charge in [0.15, 0.2) is 5.78 Å². The van der Waals surface area contributed by atoms with Crippen LogP contribution in [0.4, 0.5) is 11.4 Å². The zero-order chi connectivity index (χ0) is 20.8. The summed E-state index contributed by atoms with van der Waals surface area (Å²) in [4.78, 5) is 36.2. The fraction of sp³-hybridized carbons (Fsp3) is 0.0435. The van der Waals surface area contributed by atoms with Crippen LogP contribution in [0.3, 0.4) is 0 Å². The molecule has 0 heterocycles. The summed E-state index contributed by atoms with van der Waals surface area (Å²) in [5, 5.41) is 14.3. The van der Waals surface area contributed by atoms with Crippen molar-refractivity contribution in [3.8, 4) is 6.07 Å². The number of carbonyl (C=O) groups is 3. The maximum Gasteiger partial charge on any atom is 0.255 e. The van der Waals surface area contributed by atoms with Gasteiger partial charge in [0.05, 0.1) is 11.6 Å². The average Bonchev–Trinajstić information content (AvgIpc) is 2.74. The molecule has 0 aliphatic heterocycles. The lowest BCUT2D eigenvalue weighted by molar-refractivity contribution is 0.101. The molecule has 29 heavy (non-hydrogen) atoms. The molecule has 0 atom stereocenters. The molecule has 3 aromatic rings. The standard InChI is InChI=1S/C23H17N3O3/c1-15(27)19-3-2-4-21(13-19)26-23(29)18-9-7-17(8-10-18)22(28)25-20-11-5-16(14-24)6-12-20/h2-13H,1H3,(H,25,28)(H,26,29). The van der Waals surface area contributed by atoms with Gasteiger partial charge in [-0.15, -0.1) is 0 Å². The number of carbonyl (C=O) groups excluding carboxylic acids is 3. The van der Waals surface area contributed by atoms with Crippen LogP contribution in [0, 0.1) is 11.3 Å². The van der Waals surface area contributed by atoms with Gasteiger partial charge in [0, 0.05) is 28.1 Å². The molecule has 0 fully saturated rings. The minimum Gasteiger partial charge on any atom is -0.322 e. The van der Waals surface area contributed by atoms with E-state index in [4.69, 9.17) is 5.26 Å². The van der Waals surface area contributed by atoms with Crippen LogP contribution in [-0.2, 0) is 0 Å². The Morgan fingerprint density at radius 1 is 0.724 bits per heavy atom. The molecule has 6 nitrogen and oxygen atoms in total. The molecule has 0 spiro atoms. The molecule has 0 bridgehead atoms. The van der Waals surface area contributed by atoms with Crippen molar-refractivity contribution < 1.29 is 14.4 Å². The highest BCUT2D eigenvalue weighted by Crippen LogP contribution is 2.15. The number of nitrogens with zero attached hydrogens (tertiary/aromatic N) is 1. The van der Waals surface area contributed by atoms with Crippen molar-refractivity contribution in [2.45, 2.75) is 6.92 Å². The number of amides is 2. The van der Waals surface area contributed by atoms with E-state index >= 15 is 0 Å². The van der Waals surface area contributed by atoms with Crippen molar-refractivity contribution in [2.75, 3.05) is 10.6 Å². The van der Waals surface area contributed by atoms with E-state index in [-0.39, 0.29) is 17.6 Å². The lowest BCUT2D eigenvalue weighted by atomic mass is 10.1. The molecule has 3 rings (SSSR count). The Hall–Kier alpha value is -4.24.